The van der Waals surface area contributed by atoms with Crippen LogP contribution in [-0.2, 0) is 21.0 Å². The summed E-state index contributed by atoms with van der Waals surface area (Å²) < 4.78 is 5.22. The monoisotopic (exact) mass is 305 g/mol. The van der Waals surface area contributed by atoms with E-state index in [1.165, 1.54) is 5.56 Å². The molecule has 1 aliphatic rings. The van der Waals surface area contributed by atoms with E-state index in [2.05, 4.69) is 63.9 Å². The Balaban J connectivity index is 2.09. The van der Waals surface area contributed by atoms with Crippen LogP contribution in [0, 0.1) is 6.92 Å². The van der Waals surface area contributed by atoms with E-state index in [-0.39, 0.29) is 17.2 Å². The molecule has 122 valence electrons. The van der Waals surface area contributed by atoms with Gasteiger partial charge in [0.25, 0.3) is 6.47 Å². The molecule has 1 aromatic carbocycles. The molecule has 4 nitrogen and oxygen atoms in total. The Hall–Kier alpha value is -1.39. The molecule has 0 radical (unpaired) electrons. The lowest BCUT2D eigenvalue weighted by Crippen LogP contribution is -2.61. The normalized spacial score (nSPS) is 21.5. The van der Waals surface area contributed by atoms with Crippen LogP contribution in [0.4, 0.5) is 0 Å². The average molecular weight is 305 g/mol. The molecular weight excluding hydrogens is 278 g/mol. The highest BCUT2D eigenvalue weighted by molar-refractivity contribution is 5.37. The largest absolute Gasteiger partial charge is 0.464 e. The van der Waals surface area contributed by atoms with E-state index in [9.17, 15) is 4.79 Å². The summed E-state index contributed by atoms with van der Waals surface area (Å²) >= 11 is 0. The lowest BCUT2D eigenvalue weighted by Gasteiger charge is -2.53. The summed E-state index contributed by atoms with van der Waals surface area (Å²) in [4.78, 5) is 16.8. The van der Waals surface area contributed by atoms with Gasteiger partial charge in [0.15, 0.2) is 0 Å². The standard InChI is InChI=1S/C18H27NO3/c1-14-7-6-8-15(9-14)12-22-19-17(2,3)10-16(21-13-20)11-18(19,4)5/h6-9,13,16H,10-12H2,1-5H3. The van der Waals surface area contributed by atoms with Crippen LogP contribution in [0.3, 0.4) is 0 Å². The molecule has 4 heteroatoms. The SMILES string of the molecule is Cc1cccc(CON2C(C)(C)CC(OC=O)CC2(C)C)c1. The number of carbonyl (C=O) groups excluding carboxylic acids is 1. The number of nitrogens with zero attached hydrogens (tertiary/aromatic N) is 1. The number of ether oxygens (including phenoxy) is 1. The van der Waals surface area contributed by atoms with Crippen molar-refractivity contribution in [3.05, 3.63) is 35.4 Å². The topological polar surface area (TPSA) is 38.8 Å². The molecule has 1 fully saturated rings. The van der Waals surface area contributed by atoms with Crippen molar-refractivity contribution in [1.82, 2.24) is 5.06 Å². The molecule has 0 N–H and O–H groups in total. The first-order chi connectivity index (χ1) is 10.2. The third-order valence-electron chi connectivity index (χ3n) is 4.24. The van der Waals surface area contributed by atoms with Gasteiger partial charge >= 0.3 is 0 Å². The van der Waals surface area contributed by atoms with Crippen molar-refractivity contribution in [3.8, 4) is 0 Å². The van der Waals surface area contributed by atoms with Crippen molar-refractivity contribution in [2.75, 3.05) is 0 Å². The van der Waals surface area contributed by atoms with Crippen LogP contribution >= 0.6 is 0 Å². The summed E-state index contributed by atoms with van der Waals surface area (Å²) in [5.74, 6) is 0. The fourth-order valence-corrected chi connectivity index (χ4v) is 3.64. The predicted molar refractivity (Wildman–Crippen MR) is 86.1 cm³/mol. The minimum absolute atomic E-state index is 0.0543. The number of rotatable bonds is 5. The zero-order chi connectivity index (χ0) is 16.4. The second kappa shape index (κ2) is 6.39. The summed E-state index contributed by atoms with van der Waals surface area (Å²) in [6.07, 6.45) is 1.48. The van der Waals surface area contributed by atoms with Gasteiger partial charge in [-0.3, -0.25) is 9.63 Å². The van der Waals surface area contributed by atoms with Gasteiger partial charge < -0.3 is 4.74 Å². The second-order valence-corrected chi connectivity index (χ2v) is 7.44. The van der Waals surface area contributed by atoms with Gasteiger partial charge in [-0.15, -0.1) is 0 Å². The zero-order valence-corrected chi connectivity index (χ0v) is 14.3. The van der Waals surface area contributed by atoms with Gasteiger partial charge in [-0.2, -0.15) is 5.06 Å². The Morgan fingerprint density at radius 1 is 1.23 bits per heavy atom. The van der Waals surface area contributed by atoms with E-state index in [0.29, 0.717) is 13.1 Å². The van der Waals surface area contributed by atoms with Crippen LogP contribution < -0.4 is 0 Å². The molecular formula is C18H27NO3. The minimum Gasteiger partial charge on any atom is -0.464 e. The molecule has 0 aromatic heterocycles. The van der Waals surface area contributed by atoms with Gasteiger partial charge in [0.05, 0.1) is 6.61 Å². The van der Waals surface area contributed by atoms with Gasteiger partial charge in [-0.05, 0) is 40.2 Å². The maximum atomic E-state index is 10.7. The Morgan fingerprint density at radius 3 is 2.41 bits per heavy atom. The van der Waals surface area contributed by atoms with Crippen molar-refractivity contribution in [1.29, 1.82) is 0 Å². The highest BCUT2D eigenvalue weighted by Crippen LogP contribution is 2.39. The zero-order valence-electron chi connectivity index (χ0n) is 14.3. The number of hydrogen-bond acceptors (Lipinski definition) is 4. The van der Waals surface area contributed by atoms with Crippen LogP contribution in [0.15, 0.2) is 24.3 Å². The van der Waals surface area contributed by atoms with Gasteiger partial charge in [0, 0.05) is 23.9 Å². The lowest BCUT2D eigenvalue weighted by atomic mass is 9.80. The number of benzene rings is 1. The van der Waals surface area contributed by atoms with Gasteiger partial charge in [-0.1, -0.05) is 29.8 Å². The molecule has 1 heterocycles. The van der Waals surface area contributed by atoms with Crippen LogP contribution in [0.1, 0.15) is 51.7 Å². The Morgan fingerprint density at radius 2 is 1.86 bits per heavy atom. The van der Waals surface area contributed by atoms with E-state index in [1.54, 1.807) is 0 Å². The van der Waals surface area contributed by atoms with Crippen molar-refractivity contribution < 1.29 is 14.4 Å². The number of carbonyl (C=O) groups is 1. The van der Waals surface area contributed by atoms with E-state index < -0.39 is 0 Å². The fraction of sp³-hybridized carbons (Fsp3) is 0.611. The smallest absolute Gasteiger partial charge is 0.293 e. The third-order valence-corrected chi connectivity index (χ3v) is 4.24. The van der Waals surface area contributed by atoms with Crippen LogP contribution in [0.2, 0.25) is 0 Å². The third kappa shape index (κ3) is 3.87. The first-order valence-corrected chi connectivity index (χ1v) is 7.82. The number of aryl methyl sites for hydroxylation is 1. The summed E-state index contributed by atoms with van der Waals surface area (Å²) in [7, 11) is 0. The molecule has 0 amide bonds. The molecule has 0 atom stereocenters. The van der Waals surface area contributed by atoms with Crippen LogP contribution in [0.5, 0.6) is 0 Å². The number of hydroxylamine groups is 2. The van der Waals surface area contributed by atoms with Gasteiger partial charge in [-0.25, -0.2) is 0 Å². The minimum atomic E-state index is -0.195. The summed E-state index contributed by atoms with van der Waals surface area (Å²) in [5.41, 5.74) is 2.01. The molecule has 22 heavy (non-hydrogen) atoms. The second-order valence-electron chi connectivity index (χ2n) is 7.44. The van der Waals surface area contributed by atoms with Crippen molar-refractivity contribution >= 4 is 6.47 Å². The maximum Gasteiger partial charge on any atom is 0.293 e. The molecule has 2 rings (SSSR count). The number of piperidine rings is 1. The molecule has 0 spiro atoms. The number of hydrogen-bond donors (Lipinski definition) is 0. The highest BCUT2D eigenvalue weighted by Gasteiger charge is 2.47. The van der Waals surface area contributed by atoms with E-state index >= 15 is 0 Å². The van der Waals surface area contributed by atoms with E-state index in [1.807, 2.05) is 0 Å². The lowest BCUT2D eigenvalue weighted by molar-refractivity contribution is -0.299. The van der Waals surface area contributed by atoms with Gasteiger partial charge in [0.1, 0.15) is 6.10 Å². The van der Waals surface area contributed by atoms with Crippen LogP contribution in [0.25, 0.3) is 0 Å². The Kier molecular flexibility index (Phi) is 4.93. The summed E-state index contributed by atoms with van der Waals surface area (Å²) in [6.45, 7) is 11.7. The molecule has 0 saturated carbocycles. The fourth-order valence-electron chi connectivity index (χ4n) is 3.64. The van der Waals surface area contributed by atoms with Crippen molar-refractivity contribution in [2.45, 2.75) is 71.2 Å². The molecule has 1 aromatic rings. The van der Waals surface area contributed by atoms with E-state index in [0.717, 1.165) is 18.4 Å². The molecule has 1 saturated heterocycles. The predicted octanol–water partition coefficient (Wildman–Crippen LogP) is 3.62. The quantitative estimate of drug-likeness (QED) is 0.779. The van der Waals surface area contributed by atoms with E-state index in [4.69, 9.17) is 9.57 Å². The highest BCUT2D eigenvalue weighted by atomic mass is 16.7. The molecule has 1 aliphatic heterocycles. The summed E-state index contributed by atoms with van der Waals surface area (Å²) in [5, 5.41) is 2.08. The first-order valence-electron chi connectivity index (χ1n) is 7.82. The maximum absolute atomic E-state index is 10.7. The van der Waals surface area contributed by atoms with Crippen molar-refractivity contribution in [2.24, 2.45) is 0 Å². The average Bonchev–Trinajstić information content (AvgIpc) is 2.36. The van der Waals surface area contributed by atoms with Crippen LogP contribution in [-0.4, -0.2) is 28.7 Å². The van der Waals surface area contributed by atoms with Crippen molar-refractivity contribution in [3.63, 3.8) is 0 Å². The Bertz CT molecular complexity index is 507. The van der Waals surface area contributed by atoms with Gasteiger partial charge in [0.2, 0.25) is 0 Å². The summed E-state index contributed by atoms with van der Waals surface area (Å²) in [6, 6.07) is 8.35. The molecule has 0 aliphatic carbocycles. The molecule has 0 bridgehead atoms. The molecule has 0 unspecified atom stereocenters. The first kappa shape index (κ1) is 17.0. The Labute approximate surface area is 133 Å².